The van der Waals surface area contributed by atoms with Crippen LogP contribution in [-0.4, -0.2) is 41.0 Å². The first-order valence-electron chi connectivity index (χ1n) is 7.72. The second kappa shape index (κ2) is 9.91. The molecule has 1 aromatic carbocycles. The van der Waals surface area contributed by atoms with E-state index in [4.69, 9.17) is 16.3 Å². The first-order chi connectivity index (χ1) is 11.2. The first-order valence-corrected chi connectivity index (χ1v) is 9.09. The Balaban J connectivity index is 2.37. The second-order valence-corrected chi connectivity index (χ2v) is 7.78. The Morgan fingerprint density at radius 2 is 2.00 bits per heavy atom. The smallest absolute Gasteiger partial charge is 0.326 e. The van der Waals surface area contributed by atoms with Crippen LogP contribution in [0.2, 0.25) is 5.02 Å². The number of rotatable bonds is 9. The van der Waals surface area contributed by atoms with E-state index in [0.717, 1.165) is 4.90 Å². The molecule has 24 heavy (non-hydrogen) atoms. The number of halogens is 1. The minimum absolute atomic E-state index is 0.222. The van der Waals surface area contributed by atoms with Crippen molar-refractivity contribution < 1.29 is 19.4 Å². The van der Waals surface area contributed by atoms with Crippen LogP contribution in [0.15, 0.2) is 29.2 Å². The van der Waals surface area contributed by atoms with E-state index in [1.54, 1.807) is 6.07 Å². The zero-order chi connectivity index (χ0) is 18.2. The monoisotopic (exact) mass is 373 g/mol. The van der Waals surface area contributed by atoms with Crippen molar-refractivity contribution in [3.05, 3.63) is 29.3 Å². The van der Waals surface area contributed by atoms with Gasteiger partial charge in [0, 0.05) is 30.1 Å². The zero-order valence-electron chi connectivity index (χ0n) is 14.2. The normalized spacial score (nSPS) is 12.7. The lowest BCUT2D eigenvalue weighted by Crippen LogP contribution is -2.42. The molecule has 0 aliphatic rings. The largest absolute Gasteiger partial charge is 0.480 e. The minimum Gasteiger partial charge on any atom is -0.480 e. The zero-order valence-corrected chi connectivity index (χ0v) is 15.7. The van der Waals surface area contributed by atoms with E-state index in [-0.39, 0.29) is 31.0 Å². The average Bonchev–Trinajstić information content (AvgIpc) is 2.47. The van der Waals surface area contributed by atoms with Crippen LogP contribution in [0.3, 0.4) is 0 Å². The van der Waals surface area contributed by atoms with Crippen LogP contribution in [0.5, 0.6) is 0 Å². The SMILES string of the molecule is CC(C)(C)OCCC(NC(=O)CCSc1ccccc1Cl)C(=O)O. The van der Waals surface area contributed by atoms with Crippen molar-refractivity contribution in [2.75, 3.05) is 12.4 Å². The van der Waals surface area contributed by atoms with Gasteiger partial charge in [0.25, 0.3) is 0 Å². The fraction of sp³-hybridized carbons (Fsp3) is 0.529. The number of carbonyl (C=O) groups excluding carboxylic acids is 1. The number of benzene rings is 1. The number of hydrogen-bond acceptors (Lipinski definition) is 4. The van der Waals surface area contributed by atoms with Crippen LogP contribution in [0.25, 0.3) is 0 Å². The molecule has 0 aliphatic heterocycles. The number of amides is 1. The third-order valence-corrected chi connectivity index (χ3v) is 4.52. The molecule has 0 heterocycles. The van der Waals surface area contributed by atoms with Crippen LogP contribution >= 0.6 is 23.4 Å². The Kier molecular flexibility index (Phi) is 8.59. The summed E-state index contributed by atoms with van der Waals surface area (Å²) in [6, 6.07) is 6.46. The second-order valence-electron chi connectivity index (χ2n) is 6.24. The Bertz CT molecular complexity index is 560. The van der Waals surface area contributed by atoms with Gasteiger partial charge in [0.1, 0.15) is 6.04 Å². The molecule has 1 unspecified atom stereocenters. The number of aliphatic carboxylic acids is 1. The number of thioether (sulfide) groups is 1. The molecule has 2 N–H and O–H groups in total. The molecular weight excluding hydrogens is 350 g/mol. The molecule has 5 nitrogen and oxygen atoms in total. The highest BCUT2D eigenvalue weighted by atomic mass is 35.5. The molecule has 1 rings (SSSR count). The summed E-state index contributed by atoms with van der Waals surface area (Å²) in [4.78, 5) is 24.1. The maximum absolute atomic E-state index is 11.9. The molecule has 0 fully saturated rings. The van der Waals surface area contributed by atoms with Gasteiger partial charge >= 0.3 is 5.97 Å². The minimum atomic E-state index is -1.06. The highest BCUT2D eigenvalue weighted by molar-refractivity contribution is 7.99. The van der Waals surface area contributed by atoms with Gasteiger partial charge < -0.3 is 15.2 Å². The Morgan fingerprint density at radius 1 is 1.33 bits per heavy atom. The van der Waals surface area contributed by atoms with E-state index < -0.39 is 12.0 Å². The summed E-state index contributed by atoms with van der Waals surface area (Å²) in [5.41, 5.74) is -0.335. The van der Waals surface area contributed by atoms with Crippen molar-refractivity contribution >= 4 is 35.2 Å². The highest BCUT2D eigenvalue weighted by Gasteiger charge is 2.21. The molecule has 7 heteroatoms. The molecule has 134 valence electrons. The molecule has 1 atom stereocenters. The van der Waals surface area contributed by atoms with Gasteiger partial charge in [-0.25, -0.2) is 4.79 Å². The Morgan fingerprint density at radius 3 is 2.58 bits per heavy atom. The summed E-state index contributed by atoms with van der Waals surface area (Å²) in [6.07, 6.45) is 0.454. The van der Waals surface area contributed by atoms with Crippen LogP contribution in [0, 0.1) is 0 Å². The number of carbonyl (C=O) groups is 2. The average molecular weight is 374 g/mol. The maximum Gasteiger partial charge on any atom is 0.326 e. The lowest BCUT2D eigenvalue weighted by molar-refractivity contribution is -0.142. The van der Waals surface area contributed by atoms with E-state index in [2.05, 4.69) is 5.32 Å². The summed E-state index contributed by atoms with van der Waals surface area (Å²) in [6.45, 7) is 5.96. The molecule has 0 saturated carbocycles. The summed E-state index contributed by atoms with van der Waals surface area (Å²) < 4.78 is 5.51. The number of nitrogens with one attached hydrogen (secondary N) is 1. The molecule has 0 radical (unpaired) electrons. The van der Waals surface area contributed by atoms with Crippen LogP contribution in [-0.2, 0) is 14.3 Å². The predicted octanol–water partition coefficient (Wildman–Crippen LogP) is 3.60. The molecule has 0 spiro atoms. The fourth-order valence-electron chi connectivity index (χ4n) is 1.82. The van der Waals surface area contributed by atoms with Crippen molar-refractivity contribution in [3.8, 4) is 0 Å². The third-order valence-electron chi connectivity index (χ3n) is 3.00. The van der Waals surface area contributed by atoms with E-state index in [1.165, 1.54) is 11.8 Å². The quantitative estimate of drug-likeness (QED) is 0.647. The van der Waals surface area contributed by atoms with Crippen molar-refractivity contribution in [1.82, 2.24) is 5.32 Å². The van der Waals surface area contributed by atoms with Crippen molar-refractivity contribution in [3.63, 3.8) is 0 Å². The number of ether oxygens (including phenoxy) is 1. The molecule has 1 amide bonds. The number of hydrogen-bond donors (Lipinski definition) is 2. The van der Waals surface area contributed by atoms with Crippen molar-refractivity contribution in [1.29, 1.82) is 0 Å². The lowest BCUT2D eigenvalue weighted by atomic mass is 10.1. The molecule has 0 bridgehead atoms. The van der Waals surface area contributed by atoms with E-state index in [0.29, 0.717) is 10.8 Å². The Labute approximate surface area is 152 Å². The first kappa shape index (κ1) is 20.8. The topological polar surface area (TPSA) is 75.6 Å². The van der Waals surface area contributed by atoms with Crippen LogP contribution in [0.1, 0.15) is 33.6 Å². The molecule has 0 aliphatic carbocycles. The van der Waals surface area contributed by atoms with Gasteiger partial charge in [0.15, 0.2) is 0 Å². The number of carboxylic acid groups (broad SMARTS) is 1. The van der Waals surface area contributed by atoms with Crippen LogP contribution < -0.4 is 5.32 Å². The highest BCUT2D eigenvalue weighted by Crippen LogP contribution is 2.26. The number of carboxylic acids is 1. The van der Waals surface area contributed by atoms with Gasteiger partial charge in [-0.3, -0.25) is 4.79 Å². The van der Waals surface area contributed by atoms with Gasteiger partial charge in [-0.05, 0) is 32.9 Å². The van der Waals surface area contributed by atoms with Gasteiger partial charge in [-0.15, -0.1) is 11.8 Å². The van der Waals surface area contributed by atoms with E-state index in [1.807, 2.05) is 39.0 Å². The van der Waals surface area contributed by atoms with E-state index >= 15 is 0 Å². The Hall–Kier alpha value is -1.24. The van der Waals surface area contributed by atoms with Crippen molar-refractivity contribution in [2.24, 2.45) is 0 Å². The summed E-state index contributed by atoms with van der Waals surface area (Å²) >= 11 is 7.51. The molecule has 0 saturated heterocycles. The predicted molar refractivity (Wildman–Crippen MR) is 96.7 cm³/mol. The summed E-state index contributed by atoms with van der Waals surface area (Å²) in [7, 11) is 0. The van der Waals surface area contributed by atoms with Crippen LogP contribution in [0.4, 0.5) is 0 Å². The molecular formula is C17H24ClNO4S. The van der Waals surface area contributed by atoms with Gasteiger partial charge in [-0.2, -0.15) is 0 Å². The van der Waals surface area contributed by atoms with Gasteiger partial charge in [0.2, 0.25) is 5.91 Å². The maximum atomic E-state index is 11.9. The molecule has 0 aromatic heterocycles. The van der Waals surface area contributed by atoms with Crippen molar-refractivity contribution in [2.45, 2.75) is 50.2 Å². The standard InChI is InChI=1S/C17H24ClNO4S/c1-17(2,3)23-10-8-13(16(21)22)19-15(20)9-11-24-14-7-5-4-6-12(14)18/h4-7,13H,8-11H2,1-3H3,(H,19,20)(H,21,22). The van der Waals surface area contributed by atoms with Gasteiger partial charge in [-0.1, -0.05) is 23.7 Å². The summed E-state index contributed by atoms with van der Waals surface area (Å²) in [5.74, 6) is -0.822. The lowest BCUT2D eigenvalue weighted by Gasteiger charge is -2.21. The van der Waals surface area contributed by atoms with Gasteiger partial charge in [0.05, 0.1) is 10.6 Å². The fourth-order valence-corrected chi connectivity index (χ4v) is 3.01. The summed E-state index contributed by atoms with van der Waals surface area (Å²) in [5, 5.41) is 12.4. The molecule has 1 aromatic rings. The van der Waals surface area contributed by atoms with E-state index in [9.17, 15) is 14.7 Å². The third kappa shape index (κ3) is 8.57.